The lowest BCUT2D eigenvalue weighted by Gasteiger charge is -2.43. The molecule has 7 nitrogen and oxygen atoms in total. The molecule has 0 saturated carbocycles. The summed E-state index contributed by atoms with van der Waals surface area (Å²) in [7, 11) is 0. The van der Waals surface area contributed by atoms with Crippen molar-refractivity contribution in [2.45, 2.75) is 49.3 Å². The molecular weight excluding hydrogens is 312 g/mol. The SMILES string of the molecule is CC(C[C@@H]1O[C@H](CO)[C@@H](O)[C@H](O)[C@H]1O)(c1ccc[nH]1)c1ccc[nH]1. The van der Waals surface area contributed by atoms with E-state index in [0.717, 1.165) is 11.4 Å². The summed E-state index contributed by atoms with van der Waals surface area (Å²) in [6.45, 7) is 1.58. The molecule has 0 spiro atoms. The molecule has 3 rings (SSSR count). The minimum absolute atomic E-state index is 0.357. The van der Waals surface area contributed by atoms with Crippen LogP contribution in [0.15, 0.2) is 36.7 Å². The van der Waals surface area contributed by atoms with E-state index in [1.54, 1.807) is 0 Å². The van der Waals surface area contributed by atoms with E-state index < -0.39 is 42.5 Å². The van der Waals surface area contributed by atoms with Crippen molar-refractivity contribution in [2.75, 3.05) is 6.61 Å². The number of hydrogen-bond donors (Lipinski definition) is 6. The fraction of sp³-hybridized carbons (Fsp3) is 0.529. The topological polar surface area (TPSA) is 122 Å². The first-order valence-corrected chi connectivity index (χ1v) is 8.05. The van der Waals surface area contributed by atoms with Gasteiger partial charge >= 0.3 is 0 Å². The van der Waals surface area contributed by atoms with Crippen LogP contribution in [0.1, 0.15) is 24.7 Å². The second kappa shape index (κ2) is 6.70. The Labute approximate surface area is 139 Å². The molecular formula is C17H24N2O5. The van der Waals surface area contributed by atoms with Gasteiger partial charge in [-0.1, -0.05) is 0 Å². The lowest BCUT2D eigenvalue weighted by molar-refractivity contribution is -0.232. The summed E-state index contributed by atoms with van der Waals surface area (Å²) in [4.78, 5) is 6.39. The molecule has 6 N–H and O–H groups in total. The molecule has 1 aliphatic heterocycles. The van der Waals surface area contributed by atoms with Crippen molar-refractivity contribution in [1.29, 1.82) is 0 Å². The van der Waals surface area contributed by atoms with Crippen molar-refractivity contribution in [3.8, 4) is 0 Å². The van der Waals surface area contributed by atoms with Gasteiger partial charge in [-0.15, -0.1) is 0 Å². The van der Waals surface area contributed by atoms with Crippen LogP contribution in [-0.2, 0) is 10.2 Å². The number of nitrogens with one attached hydrogen (secondary N) is 2. The summed E-state index contributed by atoms with van der Waals surface area (Å²) in [6.07, 6.45) is -1.58. The maximum absolute atomic E-state index is 10.3. The van der Waals surface area contributed by atoms with E-state index in [2.05, 4.69) is 9.97 Å². The van der Waals surface area contributed by atoms with Crippen molar-refractivity contribution in [3.63, 3.8) is 0 Å². The standard InChI is InChI=1S/C17H24N2O5/c1-17(12-4-2-6-18-12,13-5-3-7-19-13)8-10-14(21)16(23)15(22)11(9-20)24-10/h2-7,10-11,14-16,18-23H,8-9H2,1H3/t10-,11+,14-,15+,16+/m0/s1. The van der Waals surface area contributed by atoms with Gasteiger partial charge in [-0.2, -0.15) is 0 Å². The summed E-state index contributed by atoms with van der Waals surface area (Å²) in [5, 5.41) is 39.7. The highest BCUT2D eigenvalue weighted by Gasteiger charge is 2.46. The normalized spacial score (nSPS) is 31.3. The van der Waals surface area contributed by atoms with Gasteiger partial charge in [0.1, 0.15) is 24.4 Å². The first kappa shape index (κ1) is 17.2. The quantitative estimate of drug-likeness (QED) is 0.455. The zero-order valence-corrected chi connectivity index (χ0v) is 13.5. The van der Waals surface area contributed by atoms with E-state index in [9.17, 15) is 20.4 Å². The smallest absolute Gasteiger partial charge is 0.111 e. The fourth-order valence-electron chi connectivity index (χ4n) is 3.46. The third kappa shape index (κ3) is 2.89. The maximum atomic E-state index is 10.3. The summed E-state index contributed by atoms with van der Waals surface area (Å²) in [5.74, 6) is 0. The van der Waals surface area contributed by atoms with Crippen LogP contribution >= 0.6 is 0 Å². The van der Waals surface area contributed by atoms with E-state index in [-0.39, 0.29) is 0 Å². The number of aromatic nitrogens is 2. The molecule has 5 atom stereocenters. The molecule has 0 aliphatic carbocycles. The van der Waals surface area contributed by atoms with Gasteiger partial charge in [-0.3, -0.25) is 0 Å². The number of aliphatic hydroxyl groups excluding tert-OH is 4. The van der Waals surface area contributed by atoms with Gasteiger partial charge in [0.25, 0.3) is 0 Å². The molecule has 1 fully saturated rings. The Kier molecular flexibility index (Phi) is 4.80. The largest absolute Gasteiger partial charge is 0.394 e. The van der Waals surface area contributed by atoms with Crippen LogP contribution in [0.5, 0.6) is 0 Å². The van der Waals surface area contributed by atoms with Gasteiger partial charge in [0, 0.05) is 23.8 Å². The number of ether oxygens (including phenoxy) is 1. The average Bonchev–Trinajstić information content (AvgIpc) is 3.28. The van der Waals surface area contributed by atoms with Crippen molar-refractivity contribution in [2.24, 2.45) is 0 Å². The summed E-state index contributed by atoms with van der Waals surface area (Å²) in [6, 6.07) is 7.68. The predicted molar refractivity (Wildman–Crippen MR) is 86.4 cm³/mol. The van der Waals surface area contributed by atoms with Crippen LogP contribution in [0.3, 0.4) is 0 Å². The molecule has 0 amide bonds. The Balaban J connectivity index is 1.90. The monoisotopic (exact) mass is 336 g/mol. The van der Waals surface area contributed by atoms with Gasteiger partial charge in [-0.25, -0.2) is 0 Å². The molecule has 7 heteroatoms. The number of hydrogen-bond acceptors (Lipinski definition) is 5. The minimum atomic E-state index is -1.36. The van der Waals surface area contributed by atoms with Gasteiger partial charge in [-0.05, 0) is 37.6 Å². The highest BCUT2D eigenvalue weighted by molar-refractivity contribution is 5.31. The third-order valence-electron chi connectivity index (χ3n) is 4.99. The third-order valence-corrected chi connectivity index (χ3v) is 4.99. The number of aliphatic hydroxyl groups is 4. The van der Waals surface area contributed by atoms with E-state index in [1.165, 1.54) is 0 Å². The van der Waals surface area contributed by atoms with Crippen molar-refractivity contribution in [3.05, 3.63) is 48.0 Å². The van der Waals surface area contributed by atoms with Crippen LogP contribution in [0, 0.1) is 0 Å². The molecule has 0 radical (unpaired) electrons. The fourth-order valence-corrected chi connectivity index (χ4v) is 3.46. The maximum Gasteiger partial charge on any atom is 0.111 e. The molecule has 2 aromatic heterocycles. The van der Waals surface area contributed by atoms with Gasteiger partial charge in [0.05, 0.1) is 18.1 Å². The molecule has 1 saturated heterocycles. The van der Waals surface area contributed by atoms with Crippen LogP contribution in [-0.4, -0.2) is 67.5 Å². The molecule has 24 heavy (non-hydrogen) atoms. The molecule has 0 unspecified atom stereocenters. The summed E-state index contributed by atoms with van der Waals surface area (Å²) >= 11 is 0. The van der Waals surface area contributed by atoms with E-state index in [0.29, 0.717) is 6.42 Å². The minimum Gasteiger partial charge on any atom is -0.394 e. The number of rotatable bonds is 5. The van der Waals surface area contributed by atoms with Crippen LogP contribution in [0.25, 0.3) is 0 Å². The Morgan fingerprint density at radius 1 is 0.958 bits per heavy atom. The van der Waals surface area contributed by atoms with Gasteiger partial charge in [0.15, 0.2) is 0 Å². The molecule has 2 aromatic rings. The second-order valence-corrected chi connectivity index (χ2v) is 6.57. The lowest BCUT2D eigenvalue weighted by atomic mass is 9.76. The van der Waals surface area contributed by atoms with E-state index >= 15 is 0 Å². The van der Waals surface area contributed by atoms with Crippen molar-refractivity contribution >= 4 is 0 Å². The Morgan fingerprint density at radius 3 is 1.96 bits per heavy atom. The first-order valence-electron chi connectivity index (χ1n) is 8.05. The average molecular weight is 336 g/mol. The van der Waals surface area contributed by atoms with Crippen LogP contribution in [0.2, 0.25) is 0 Å². The Hall–Kier alpha value is -1.64. The lowest BCUT2D eigenvalue weighted by Crippen LogP contribution is -2.59. The van der Waals surface area contributed by atoms with E-state index in [4.69, 9.17) is 4.74 Å². The molecule has 132 valence electrons. The second-order valence-electron chi connectivity index (χ2n) is 6.57. The van der Waals surface area contributed by atoms with Crippen molar-refractivity contribution < 1.29 is 25.2 Å². The summed E-state index contributed by atoms with van der Waals surface area (Å²) < 4.78 is 5.68. The number of aromatic amines is 2. The zero-order valence-electron chi connectivity index (χ0n) is 13.5. The highest BCUT2D eigenvalue weighted by Crippen LogP contribution is 2.38. The van der Waals surface area contributed by atoms with E-state index in [1.807, 2.05) is 43.6 Å². The molecule has 0 bridgehead atoms. The van der Waals surface area contributed by atoms with Crippen molar-refractivity contribution in [1.82, 2.24) is 9.97 Å². The zero-order chi connectivity index (χ0) is 17.3. The highest BCUT2D eigenvalue weighted by atomic mass is 16.5. The van der Waals surface area contributed by atoms with Gasteiger partial charge in [0.2, 0.25) is 0 Å². The Morgan fingerprint density at radius 2 is 1.50 bits per heavy atom. The molecule has 0 aromatic carbocycles. The molecule has 3 heterocycles. The first-order chi connectivity index (χ1) is 11.5. The van der Waals surface area contributed by atoms with Gasteiger partial charge < -0.3 is 35.1 Å². The number of H-pyrrole nitrogens is 2. The van der Waals surface area contributed by atoms with Crippen LogP contribution < -0.4 is 0 Å². The Bertz CT molecular complexity index is 591. The van der Waals surface area contributed by atoms with Crippen LogP contribution in [0.4, 0.5) is 0 Å². The summed E-state index contributed by atoms with van der Waals surface area (Å²) in [5.41, 5.74) is 1.34. The molecule has 1 aliphatic rings. The predicted octanol–water partition coefficient (Wildman–Crippen LogP) is -0.119.